The maximum atomic E-state index is 5.07. The van der Waals surface area contributed by atoms with E-state index in [1.165, 1.54) is 12.7 Å². The molecule has 2 aromatic heterocycles. The Kier molecular flexibility index (Phi) is 4.51. The molecule has 0 aliphatic heterocycles. The molecular weight excluding hydrogens is 262 g/mol. The molecule has 0 aliphatic carbocycles. The summed E-state index contributed by atoms with van der Waals surface area (Å²) in [6.45, 7) is 4.79. The number of hydrogen-bond donors (Lipinski definition) is 2. The van der Waals surface area contributed by atoms with Crippen molar-refractivity contribution in [3.05, 3.63) is 22.4 Å². The Morgan fingerprint density at radius 3 is 2.74 bits per heavy atom. The van der Waals surface area contributed by atoms with Gasteiger partial charge in [0.05, 0.1) is 13.2 Å². The summed E-state index contributed by atoms with van der Waals surface area (Å²) < 4.78 is 5.07. The van der Waals surface area contributed by atoms with Gasteiger partial charge in [0, 0.05) is 6.54 Å². The Balaban J connectivity index is 2.16. The van der Waals surface area contributed by atoms with Gasteiger partial charge in [0.25, 0.3) is 0 Å². The Hall–Kier alpha value is -1.89. The number of ether oxygens (including phenoxy) is 1. The molecule has 7 heteroatoms. The monoisotopic (exact) mass is 279 g/mol. The molecule has 6 nitrogen and oxygen atoms in total. The van der Waals surface area contributed by atoms with Crippen LogP contribution >= 0.6 is 11.3 Å². The number of rotatable bonds is 6. The summed E-state index contributed by atoms with van der Waals surface area (Å²) in [5.74, 6) is 1.01. The molecule has 0 aliphatic rings. The Labute approximate surface area is 116 Å². The summed E-state index contributed by atoms with van der Waals surface area (Å²) in [6, 6.07) is 2.50. The molecule has 2 aromatic rings. The van der Waals surface area contributed by atoms with Gasteiger partial charge in [-0.3, -0.25) is 0 Å². The normalized spacial score (nSPS) is 11.9. The molecule has 0 amide bonds. The Morgan fingerprint density at radius 1 is 1.32 bits per heavy atom. The first kappa shape index (κ1) is 13.5. The van der Waals surface area contributed by atoms with Crippen molar-refractivity contribution in [2.45, 2.75) is 19.9 Å². The molecule has 102 valence electrons. The second-order valence-corrected chi connectivity index (χ2v) is 4.70. The fraction of sp³-hybridized carbons (Fsp3) is 0.417. The average Bonchev–Trinajstić information content (AvgIpc) is 2.92. The van der Waals surface area contributed by atoms with E-state index in [4.69, 9.17) is 4.74 Å². The maximum absolute atomic E-state index is 5.07. The van der Waals surface area contributed by atoms with Gasteiger partial charge in [-0.15, -0.1) is 0 Å². The number of hydrogen-bond acceptors (Lipinski definition) is 7. The topological polar surface area (TPSA) is 72.0 Å². The molecule has 0 bridgehead atoms. The number of aromatic nitrogens is 3. The van der Waals surface area contributed by atoms with Gasteiger partial charge in [-0.25, -0.2) is 0 Å². The molecule has 0 saturated heterocycles. The number of methoxy groups -OCH3 is 1. The number of nitrogens with zero attached hydrogens (tertiary/aromatic N) is 3. The van der Waals surface area contributed by atoms with Gasteiger partial charge in [-0.1, -0.05) is 0 Å². The van der Waals surface area contributed by atoms with Gasteiger partial charge in [0.2, 0.25) is 11.9 Å². The van der Waals surface area contributed by atoms with Gasteiger partial charge in [-0.05, 0) is 36.2 Å². The van der Waals surface area contributed by atoms with Crippen molar-refractivity contribution in [2.75, 3.05) is 24.3 Å². The number of anilines is 2. The summed E-state index contributed by atoms with van der Waals surface area (Å²) in [7, 11) is 1.54. The molecule has 0 radical (unpaired) electrons. The summed E-state index contributed by atoms with van der Waals surface area (Å²) in [5, 5.41) is 10.4. The lowest BCUT2D eigenvalue weighted by Crippen LogP contribution is -2.12. The fourth-order valence-electron chi connectivity index (χ4n) is 1.55. The number of thiophene rings is 1. The van der Waals surface area contributed by atoms with Crippen LogP contribution in [0.3, 0.4) is 0 Å². The predicted octanol–water partition coefficient (Wildman–Crippen LogP) is 2.55. The molecule has 0 fully saturated rings. The third-order valence-electron chi connectivity index (χ3n) is 2.52. The van der Waals surface area contributed by atoms with E-state index in [-0.39, 0.29) is 6.04 Å². The second kappa shape index (κ2) is 6.33. The minimum Gasteiger partial charge on any atom is -0.467 e. The molecule has 2 rings (SSSR count). The van der Waals surface area contributed by atoms with Crippen molar-refractivity contribution in [1.82, 2.24) is 15.0 Å². The molecule has 0 saturated carbocycles. The minimum atomic E-state index is 0.132. The van der Waals surface area contributed by atoms with Crippen molar-refractivity contribution >= 4 is 23.2 Å². The van der Waals surface area contributed by atoms with E-state index in [9.17, 15) is 0 Å². The summed E-state index contributed by atoms with van der Waals surface area (Å²) in [5.41, 5.74) is 1.20. The predicted molar refractivity (Wildman–Crippen MR) is 76.9 cm³/mol. The van der Waals surface area contributed by atoms with Crippen molar-refractivity contribution in [3.63, 3.8) is 0 Å². The molecule has 1 atom stereocenters. The zero-order valence-corrected chi connectivity index (χ0v) is 12.0. The van der Waals surface area contributed by atoms with Crippen LogP contribution in [0, 0.1) is 0 Å². The zero-order chi connectivity index (χ0) is 13.7. The summed E-state index contributed by atoms with van der Waals surface area (Å²) in [4.78, 5) is 12.6. The highest BCUT2D eigenvalue weighted by Gasteiger charge is 2.10. The van der Waals surface area contributed by atoms with E-state index in [0.29, 0.717) is 17.9 Å². The van der Waals surface area contributed by atoms with E-state index in [0.717, 1.165) is 6.54 Å². The summed E-state index contributed by atoms with van der Waals surface area (Å²) in [6.07, 6.45) is 0. The second-order valence-electron chi connectivity index (χ2n) is 3.92. The molecule has 1 unspecified atom stereocenters. The van der Waals surface area contributed by atoms with Gasteiger partial charge < -0.3 is 15.4 Å². The van der Waals surface area contributed by atoms with Crippen molar-refractivity contribution in [2.24, 2.45) is 0 Å². The fourth-order valence-corrected chi connectivity index (χ4v) is 2.30. The largest absolute Gasteiger partial charge is 0.467 e. The lowest BCUT2D eigenvalue weighted by atomic mass is 10.2. The van der Waals surface area contributed by atoms with Gasteiger partial charge in [-0.2, -0.15) is 26.3 Å². The summed E-state index contributed by atoms with van der Waals surface area (Å²) >= 11 is 1.67. The van der Waals surface area contributed by atoms with Crippen LogP contribution in [-0.2, 0) is 0 Å². The Morgan fingerprint density at radius 2 is 2.11 bits per heavy atom. The molecule has 2 N–H and O–H groups in total. The maximum Gasteiger partial charge on any atom is 0.322 e. The first-order chi connectivity index (χ1) is 9.22. The van der Waals surface area contributed by atoms with Crippen molar-refractivity contribution in [1.29, 1.82) is 0 Å². The Bertz CT molecular complexity index is 517. The van der Waals surface area contributed by atoms with E-state index in [1.807, 2.05) is 12.3 Å². The highest BCUT2D eigenvalue weighted by molar-refractivity contribution is 7.07. The van der Waals surface area contributed by atoms with Crippen molar-refractivity contribution < 1.29 is 4.74 Å². The lowest BCUT2D eigenvalue weighted by Gasteiger charge is -2.13. The lowest BCUT2D eigenvalue weighted by molar-refractivity contribution is 0.379. The zero-order valence-electron chi connectivity index (χ0n) is 11.2. The SMILES string of the molecule is CCNc1nc(NC(C)c2ccsc2)nc(OC)n1. The standard InChI is InChI=1S/C12H17N5OS/c1-4-13-10-15-11(17-12(16-10)18-3)14-8(2)9-5-6-19-7-9/h5-8H,4H2,1-3H3,(H2,13,14,15,16,17). The first-order valence-corrected chi connectivity index (χ1v) is 6.99. The van der Waals surface area contributed by atoms with Crippen molar-refractivity contribution in [3.8, 4) is 6.01 Å². The minimum absolute atomic E-state index is 0.132. The van der Waals surface area contributed by atoms with Crippen LogP contribution < -0.4 is 15.4 Å². The van der Waals surface area contributed by atoms with Crippen LogP contribution in [0.2, 0.25) is 0 Å². The molecule has 19 heavy (non-hydrogen) atoms. The average molecular weight is 279 g/mol. The van der Waals surface area contributed by atoms with Gasteiger partial charge in [0.15, 0.2) is 0 Å². The van der Waals surface area contributed by atoms with E-state index in [2.05, 4.69) is 44.0 Å². The first-order valence-electron chi connectivity index (χ1n) is 6.05. The molecule has 0 aromatic carbocycles. The third-order valence-corrected chi connectivity index (χ3v) is 3.22. The molecule has 0 spiro atoms. The quantitative estimate of drug-likeness (QED) is 0.846. The van der Waals surface area contributed by atoms with Crippen LogP contribution in [0.1, 0.15) is 25.5 Å². The molecular formula is C12H17N5OS. The van der Waals surface area contributed by atoms with E-state index >= 15 is 0 Å². The van der Waals surface area contributed by atoms with Crippen LogP contribution in [0.4, 0.5) is 11.9 Å². The van der Waals surface area contributed by atoms with Crippen LogP contribution in [0.25, 0.3) is 0 Å². The van der Waals surface area contributed by atoms with Crippen LogP contribution in [0.5, 0.6) is 6.01 Å². The van der Waals surface area contributed by atoms with E-state index in [1.54, 1.807) is 11.3 Å². The highest BCUT2D eigenvalue weighted by Crippen LogP contribution is 2.20. The third kappa shape index (κ3) is 3.54. The smallest absolute Gasteiger partial charge is 0.322 e. The molecule has 2 heterocycles. The number of nitrogens with one attached hydrogen (secondary N) is 2. The highest BCUT2D eigenvalue weighted by atomic mass is 32.1. The van der Waals surface area contributed by atoms with Crippen LogP contribution in [-0.4, -0.2) is 28.6 Å². The van der Waals surface area contributed by atoms with Crippen LogP contribution in [0.15, 0.2) is 16.8 Å². The van der Waals surface area contributed by atoms with E-state index < -0.39 is 0 Å². The van der Waals surface area contributed by atoms with Gasteiger partial charge >= 0.3 is 6.01 Å². The van der Waals surface area contributed by atoms with Gasteiger partial charge in [0.1, 0.15) is 0 Å².